The van der Waals surface area contributed by atoms with Crippen molar-refractivity contribution in [3.63, 3.8) is 0 Å². The molecule has 0 amide bonds. The number of aliphatic hydroxyl groups is 1. The number of piperazine rings is 1. The second-order valence-corrected chi connectivity index (χ2v) is 9.72. The molecule has 3 aromatic carbocycles. The third-order valence-electron chi connectivity index (χ3n) is 6.16. The minimum Gasteiger partial charge on any atom is -0.491 e. The summed E-state index contributed by atoms with van der Waals surface area (Å²) < 4.78 is 6.96. The van der Waals surface area contributed by atoms with Gasteiger partial charge in [-0.15, -0.1) is 0 Å². The van der Waals surface area contributed by atoms with Crippen LogP contribution in [0, 0.1) is 20.8 Å². The number of aliphatic hydroxyl groups excluding tert-OH is 1. The summed E-state index contributed by atoms with van der Waals surface area (Å²) in [7, 11) is 0. The third kappa shape index (κ3) is 5.40. The van der Waals surface area contributed by atoms with Crippen LogP contribution >= 0.6 is 15.9 Å². The molecule has 31 heavy (non-hydrogen) atoms. The van der Waals surface area contributed by atoms with Gasteiger partial charge >= 0.3 is 0 Å². The average Bonchev–Trinajstić information content (AvgIpc) is 2.73. The second-order valence-electron chi connectivity index (χ2n) is 8.81. The molecule has 0 bridgehead atoms. The molecule has 164 valence electrons. The van der Waals surface area contributed by atoms with Gasteiger partial charge in [0.25, 0.3) is 0 Å². The zero-order valence-electron chi connectivity index (χ0n) is 18.6. The van der Waals surface area contributed by atoms with Crippen molar-refractivity contribution in [3.8, 4) is 5.75 Å². The lowest BCUT2D eigenvalue weighted by molar-refractivity contribution is -0.903. The lowest BCUT2D eigenvalue weighted by Gasteiger charge is -2.36. The molecule has 1 aliphatic heterocycles. The van der Waals surface area contributed by atoms with Gasteiger partial charge in [-0.3, -0.25) is 0 Å². The third-order valence-corrected chi connectivity index (χ3v) is 6.66. The van der Waals surface area contributed by atoms with Gasteiger partial charge in [-0.1, -0.05) is 45.8 Å². The normalized spacial score (nSPS) is 16.0. The molecule has 0 aliphatic carbocycles. The molecule has 0 aromatic heterocycles. The highest BCUT2D eigenvalue weighted by Gasteiger charge is 2.24. The van der Waals surface area contributed by atoms with Crippen LogP contribution in [0.25, 0.3) is 10.8 Å². The zero-order chi connectivity index (χ0) is 22.0. The molecular weight excluding hydrogens is 452 g/mol. The van der Waals surface area contributed by atoms with E-state index in [0.717, 1.165) is 48.3 Å². The number of halogens is 1. The van der Waals surface area contributed by atoms with E-state index >= 15 is 0 Å². The van der Waals surface area contributed by atoms with Crippen LogP contribution in [0.3, 0.4) is 0 Å². The van der Waals surface area contributed by atoms with Crippen LogP contribution < -0.4 is 14.5 Å². The van der Waals surface area contributed by atoms with Gasteiger partial charge in [0.2, 0.25) is 0 Å². The monoisotopic (exact) mass is 483 g/mol. The molecule has 0 radical (unpaired) electrons. The molecule has 2 N–H and O–H groups in total. The summed E-state index contributed by atoms with van der Waals surface area (Å²) in [4.78, 5) is 3.95. The molecule has 0 spiro atoms. The summed E-state index contributed by atoms with van der Waals surface area (Å²) in [5, 5.41) is 12.9. The van der Waals surface area contributed by atoms with Crippen LogP contribution in [-0.2, 0) is 0 Å². The molecule has 1 aliphatic rings. The van der Waals surface area contributed by atoms with Gasteiger partial charge in [0.15, 0.2) is 0 Å². The first-order chi connectivity index (χ1) is 14.9. The smallest absolute Gasteiger partial charge is 0.137 e. The molecule has 0 saturated carbocycles. The predicted octanol–water partition coefficient (Wildman–Crippen LogP) is 3.67. The Morgan fingerprint density at radius 1 is 0.968 bits per heavy atom. The summed E-state index contributed by atoms with van der Waals surface area (Å²) >= 11 is 3.50. The van der Waals surface area contributed by atoms with E-state index in [4.69, 9.17) is 4.74 Å². The summed E-state index contributed by atoms with van der Waals surface area (Å²) in [5.41, 5.74) is 5.43. The van der Waals surface area contributed by atoms with Gasteiger partial charge in [-0.25, -0.2) is 0 Å². The minimum absolute atomic E-state index is 0.325. The first-order valence-corrected chi connectivity index (χ1v) is 11.8. The quantitative estimate of drug-likeness (QED) is 0.561. The van der Waals surface area contributed by atoms with Crippen molar-refractivity contribution < 1.29 is 14.7 Å². The molecule has 4 rings (SSSR count). The topological polar surface area (TPSA) is 37.1 Å². The number of fused-ring (bicyclic) bond motifs is 1. The highest BCUT2D eigenvalue weighted by molar-refractivity contribution is 9.10. The van der Waals surface area contributed by atoms with E-state index in [1.54, 1.807) is 0 Å². The number of rotatable bonds is 6. The minimum atomic E-state index is -0.468. The summed E-state index contributed by atoms with van der Waals surface area (Å²) in [6, 6.07) is 16.8. The predicted molar refractivity (Wildman–Crippen MR) is 132 cm³/mol. The molecule has 1 saturated heterocycles. The zero-order valence-corrected chi connectivity index (χ0v) is 20.2. The Hall–Kier alpha value is -2.08. The van der Waals surface area contributed by atoms with Crippen molar-refractivity contribution in [1.82, 2.24) is 0 Å². The van der Waals surface area contributed by atoms with Crippen LogP contribution in [0.2, 0.25) is 0 Å². The van der Waals surface area contributed by atoms with Gasteiger partial charge in [0.05, 0.1) is 26.2 Å². The van der Waals surface area contributed by atoms with Crippen molar-refractivity contribution in [1.29, 1.82) is 0 Å². The second kappa shape index (κ2) is 9.60. The number of hydrogen-bond acceptors (Lipinski definition) is 3. The van der Waals surface area contributed by atoms with Crippen molar-refractivity contribution in [3.05, 3.63) is 69.7 Å². The first-order valence-electron chi connectivity index (χ1n) is 11.1. The van der Waals surface area contributed by atoms with Gasteiger partial charge in [-0.05, 0) is 66.9 Å². The summed E-state index contributed by atoms with van der Waals surface area (Å²) in [6.45, 7) is 11.7. The van der Waals surface area contributed by atoms with Gasteiger partial charge in [0, 0.05) is 10.2 Å². The number of aryl methyl sites for hydroxylation is 3. The van der Waals surface area contributed by atoms with Crippen molar-refractivity contribution >= 4 is 32.4 Å². The van der Waals surface area contributed by atoms with Crippen LogP contribution in [0.4, 0.5) is 5.69 Å². The van der Waals surface area contributed by atoms with E-state index in [1.807, 2.05) is 18.2 Å². The van der Waals surface area contributed by atoms with E-state index in [1.165, 1.54) is 32.7 Å². The summed E-state index contributed by atoms with van der Waals surface area (Å²) in [6.07, 6.45) is -0.468. The van der Waals surface area contributed by atoms with E-state index in [0.29, 0.717) is 6.61 Å². The first kappa shape index (κ1) is 22.1. The SMILES string of the molecule is Cc1cc(C)c(N2CC[NH+](CC(O)COc3ccc4cc(Br)ccc4c3)CC2)c(C)c1. The number of hydrogen-bond donors (Lipinski definition) is 2. The van der Waals surface area contributed by atoms with Crippen LogP contribution in [0.1, 0.15) is 16.7 Å². The molecule has 4 nitrogen and oxygen atoms in total. The highest BCUT2D eigenvalue weighted by Crippen LogP contribution is 2.26. The van der Waals surface area contributed by atoms with Crippen LogP contribution in [-0.4, -0.2) is 50.5 Å². The number of quaternary nitrogens is 1. The number of ether oxygens (including phenoxy) is 1. The summed E-state index contributed by atoms with van der Waals surface area (Å²) in [5.74, 6) is 0.805. The number of benzene rings is 3. The Labute approximate surface area is 193 Å². The van der Waals surface area contributed by atoms with Gasteiger partial charge in [0.1, 0.15) is 25.0 Å². The Kier molecular flexibility index (Phi) is 6.85. The molecule has 5 heteroatoms. The number of nitrogens with one attached hydrogen (secondary N) is 1. The molecule has 1 atom stereocenters. The van der Waals surface area contributed by atoms with Crippen LogP contribution in [0.15, 0.2) is 53.0 Å². The van der Waals surface area contributed by atoms with Crippen LogP contribution in [0.5, 0.6) is 5.75 Å². The standard InChI is InChI=1S/C26H31BrN2O2/c1-18-12-19(2)26(20(3)13-18)29-10-8-28(9-11-29)16-24(30)17-31-25-7-5-21-14-23(27)6-4-22(21)15-25/h4-7,12-15,24,30H,8-11,16-17H2,1-3H3/p+1. The van der Waals surface area contributed by atoms with Gasteiger partial charge < -0.3 is 19.6 Å². The lowest BCUT2D eigenvalue weighted by Crippen LogP contribution is -3.16. The Morgan fingerprint density at radius 3 is 2.32 bits per heavy atom. The molecule has 1 unspecified atom stereocenters. The van der Waals surface area contributed by atoms with E-state index in [2.05, 4.69) is 71.9 Å². The fourth-order valence-electron chi connectivity index (χ4n) is 4.79. The largest absolute Gasteiger partial charge is 0.491 e. The highest BCUT2D eigenvalue weighted by atomic mass is 79.9. The van der Waals surface area contributed by atoms with Crippen molar-refractivity contribution in [2.45, 2.75) is 26.9 Å². The number of nitrogens with zero attached hydrogens (tertiary/aromatic N) is 1. The molecule has 3 aromatic rings. The van der Waals surface area contributed by atoms with Crippen molar-refractivity contribution in [2.24, 2.45) is 0 Å². The average molecular weight is 484 g/mol. The maximum Gasteiger partial charge on any atom is 0.137 e. The Morgan fingerprint density at radius 2 is 1.61 bits per heavy atom. The number of anilines is 1. The van der Waals surface area contributed by atoms with Gasteiger partial charge in [-0.2, -0.15) is 0 Å². The fraction of sp³-hybridized carbons (Fsp3) is 0.385. The Bertz CT molecular complexity index is 1040. The maximum absolute atomic E-state index is 10.5. The molecule has 1 heterocycles. The van der Waals surface area contributed by atoms with E-state index in [-0.39, 0.29) is 0 Å². The Balaban J connectivity index is 1.27. The van der Waals surface area contributed by atoms with E-state index in [9.17, 15) is 5.11 Å². The molecular formula is C26H32BrN2O2+. The maximum atomic E-state index is 10.5. The lowest BCUT2D eigenvalue weighted by atomic mass is 10.0. The molecule has 1 fully saturated rings. The fourth-order valence-corrected chi connectivity index (χ4v) is 5.17. The van der Waals surface area contributed by atoms with E-state index < -0.39 is 6.10 Å². The van der Waals surface area contributed by atoms with Crippen molar-refractivity contribution in [2.75, 3.05) is 44.2 Å².